The minimum Gasteiger partial charge on any atom is -0.307 e. The first-order valence-corrected chi connectivity index (χ1v) is 8.01. The van der Waals surface area contributed by atoms with Gasteiger partial charge >= 0.3 is 0 Å². The second-order valence-electron chi connectivity index (χ2n) is 6.28. The van der Waals surface area contributed by atoms with Crippen molar-refractivity contribution in [2.24, 2.45) is 5.92 Å². The predicted molar refractivity (Wildman–Crippen MR) is 83.4 cm³/mol. The maximum Gasteiger partial charge on any atom is 0.0294 e. The molecule has 0 saturated heterocycles. The molecule has 0 spiro atoms. The summed E-state index contributed by atoms with van der Waals surface area (Å²) in [7, 11) is 0. The topological polar surface area (TPSA) is 12.0 Å². The molecule has 1 nitrogen and oxygen atoms in total. The quantitative estimate of drug-likeness (QED) is 0.750. The minimum atomic E-state index is 0.476. The summed E-state index contributed by atoms with van der Waals surface area (Å²) in [5, 5.41) is 3.84. The van der Waals surface area contributed by atoms with Gasteiger partial charge in [-0.15, -0.1) is 0 Å². The highest BCUT2D eigenvalue weighted by Gasteiger charge is 2.19. The lowest BCUT2D eigenvalue weighted by atomic mass is 9.97. The van der Waals surface area contributed by atoms with Crippen LogP contribution in [0.2, 0.25) is 0 Å². The fraction of sp³-hybridized carbons (Fsp3) is 0.667. The number of hydrogen-bond donors (Lipinski definition) is 1. The van der Waals surface area contributed by atoms with E-state index in [1.165, 1.54) is 49.7 Å². The zero-order valence-electron chi connectivity index (χ0n) is 12.8. The molecule has 1 aliphatic carbocycles. The van der Waals surface area contributed by atoms with E-state index in [0.29, 0.717) is 12.1 Å². The van der Waals surface area contributed by atoms with Crippen molar-refractivity contribution < 1.29 is 0 Å². The van der Waals surface area contributed by atoms with Gasteiger partial charge < -0.3 is 5.32 Å². The third-order valence-electron chi connectivity index (χ3n) is 4.73. The van der Waals surface area contributed by atoms with Crippen LogP contribution >= 0.6 is 0 Å². The molecule has 0 aromatic heterocycles. The van der Waals surface area contributed by atoms with Crippen molar-refractivity contribution in [3.8, 4) is 0 Å². The molecule has 106 valence electrons. The molecule has 1 aliphatic rings. The molecule has 2 rings (SSSR count). The predicted octanol–water partition coefficient (Wildman–Crippen LogP) is 5.00. The number of rotatable bonds is 4. The van der Waals surface area contributed by atoms with Gasteiger partial charge in [0.15, 0.2) is 0 Å². The third kappa shape index (κ3) is 4.35. The normalized spacial score (nSPS) is 25.8. The van der Waals surface area contributed by atoms with E-state index < -0.39 is 0 Å². The van der Waals surface area contributed by atoms with Crippen LogP contribution in [0.1, 0.15) is 69.5 Å². The van der Waals surface area contributed by atoms with E-state index in [1.54, 1.807) is 0 Å². The standard InChI is InChI=1S/C18H29N/c1-4-16-6-5-7-18(13-10-16)19-15(3)17-11-8-14(2)9-12-17/h8-9,11-12,15-16,18-19H,4-7,10,13H2,1-3H3. The monoisotopic (exact) mass is 259 g/mol. The molecule has 1 N–H and O–H groups in total. The maximum atomic E-state index is 3.84. The molecule has 0 amide bonds. The first-order valence-electron chi connectivity index (χ1n) is 8.01. The number of benzene rings is 1. The zero-order chi connectivity index (χ0) is 13.7. The van der Waals surface area contributed by atoms with Gasteiger partial charge in [-0.3, -0.25) is 0 Å². The van der Waals surface area contributed by atoms with Gasteiger partial charge in [0, 0.05) is 12.1 Å². The Hall–Kier alpha value is -0.820. The van der Waals surface area contributed by atoms with Gasteiger partial charge in [-0.25, -0.2) is 0 Å². The van der Waals surface area contributed by atoms with Crippen molar-refractivity contribution >= 4 is 0 Å². The molecule has 1 saturated carbocycles. The Morgan fingerprint density at radius 3 is 2.53 bits per heavy atom. The second-order valence-corrected chi connectivity index (χ2v) is 6.28. The lowest BCUT2D eigenvalue weighted by Gasteiger charge is -2.22. The van der Waals surface area contributed by atoms with Crippen molar-refractivity contribution in [2.75, 3.05) is 0 Å². The van der Waals surface area contributed by atoms with Crippen molar-refractivity contribution in [3.63, 3.8) is 0 Å². The van der Waals surface area contributed by atoms with E-state index >= 15 is 0 Å². The molecule has 1 fully saturated rings. The molecule has 0 aliphatic heterocycles. The van der Waals surface area contributed by atoms with Crippen LogP contribution in [0.3, 0.4) is 0 Å². The van der Waals surface area contributed by atoms with E-state index in [1.807, 2.05) is 0 Å². The van der Waals surface area contributed by atoms with Crippen LogP contribution in [0.15, 0.2) is 24.3 Å². The minimum absolute atomic E-state index is 0.476. The van der Waals surface area contributed by atoms with Crippen LogP contribution < -0.4 is 5.32 Å². The van der Waals surface area contributed by atoms with Gasteiger partial charge in [0.2, 0.25) is 0 Å². The summed E-state index contributed by atoms with van der Waals surface area (Å²) in [6, 6.07) is 10.1. The Balaban J connectivity index is 1.88. The molecule has 0 bridgehead atoms. The molecule has 3 unspecified atom stereocenters. The highest BCUT2D eigenvalue weighted by Crippen LogP contribution is 2.27. The summed E-state index contributed by atoms with van der Waals surface area (Å²) < 4.78 is 0. The van der Waals surface area contributed by atoms with Gasteiger partial charge in [0.1, 0.15) is 0 Å². The van der Waals surface area contributed by atoms with E-state index in [-0.39, 0.29) is 0 Å². The second kappa shape index (κ2) is 7.09. The summed E-state index contributed by atoms with van der Waals surface area (Å²) in [6.07, 6.45) is 8.32. The van der Waals surface area contributed by atoms with E-state index in [9.17, 15) is 0 Å². The molecular formula is C18H29N. The maximum absolute atomic E-state index is 3.84. The molecule has 0 radical (unpaired) electrons. The Bertz CT molecular complexity index is 368. The fourth-order valence-electron chi connectivity index (χ4n) is 3.26. The summed E-state index contributed by atoms with van der Waals surface area (Å²) in [5.41, 5.74) is 2.76. The molecule has 1 aromatic rings. The first-order chi connectivity index (χ1) is 9.19. The van der Waals surface area contributed by atoms with Crippen molar-refractivity contribution in [3.05, 3.63) is 35.4 Å². The molecule has 3 atom stereocenters. The summed E-state index contributed by atoms with van der Waals surface area (Å²) in [5.74, 6) is 0.974. The smallest absolute Gasteiger partial charge is 0.0294 e. The van der Waals surface area contributed by atoms with Gasteiger partial charge in [-0.1, -0.05) is 56.0 Å². The summed E-state index contributed by atoms with van der Waals surface area (Å²) >= 11 is 0. The van der Waals surface area contributed by atoms with Crippen LogP contribution in [0, 0.1) is 12.8 Å². The highest BCUT2D eigenvalue weighted by molar-refractivity contribution is 5.23. The summed E-state index contributed by atoms with van der Waals surface area (Å²) in [4.78, 5) is 0. The van der Waals surface area contributed by atoms with E-state index in [4.69, 9.17) is 0 Å². The van der Waals surface area contributed by atoms with Gasteiger partial charge in [-0.05, 0) is 44.6 Å². The molecular weight excluding hydrogens is 230 g/mol. The first kappa shape index (κ1) is 14.6. The van der Waals surface area contributed by atoms with Crippen molar-refractivity contribution in [2.45, 2.75) is 71.4 Å². The van der Waals surface area contributed by atoms with Crippen LogP contribution in [-0.2, 0) is 0 Å². The average molecular weight is 259 g/mol. The molecule has 19 heavy (non-hydrogen) atoms. The Morgan fingerprint density at radius 2 is 1.84 bits per heavy atom. The zero-order valence-corrected chi connectivity index (χ0v) is 12.8. The lowest BCUT2D eigenvalue weighted by molar-refractivity contribution is 0.400. The largest absolute Gasteiger partial charge is 0.307 e. The Labute approximate surface area is 118 Å². The summed E-state index contributed by atoms with van der Waals surface area (Å²) in [6.45, 7) is 6.79. The number of nitrogens with one attached hydrogen (secondary N) is 1. The average Bonchev–Trinajstić information content (AvgIpc) is 2.64. The van der Waals surface area contributed by atoms with Crippen molar-refractivity contribution in [1.29, 1.82) is 0 Å². The Morgan fingerprint density at radius 1 is 1.11 bits per heavy atom. The lowest BCUT2D eigenvalue weighted by Crippen LogP contribution is -2.31. The van der Waals surface area contributed by atoms with Crippen molar-refractivity contribution in [1.82, 2.24) is 5.32 Å². The van der Waals surface area contributed by atoms with Crippen LogP contribution in [0.25, 0.3) is 0 Å². The van der Waals surface area contributed by atoms with Crippen LogP contribution in [0.5, 0.6) is 0 Å². The molecule has 1 heteroatoms. The fourth-order valence-corrected chi connectivity index (χ4v) is 3.26. The van der Waals surface area contributed by atoms with Crippen LogP contribution in [0.4, 0.5) is 0 Å². The Kier molecular flexibility index (Phi) is 5.45. The highest BCUT2D eigenvalue weighted by atomic mass is 14.9. The molecule has 1 aromatic carbocycles. The van der Waals surface area contributed by atoms with E-state index in [0.717, 1.165) is 5.92 Å². The van der Waals surface area contributed by atoms with Crippen LogP contribution in [-0.4, -0.2) is 6.04 Å². The molecule has 0 heterocycles. The van der Waals surface area contributed by atoms with E-state index in [2.05, 4.69) is 50.4 Å². The third-order valence-corrected chi connectivity index (χ3v) is 4.73. The van der Waals surface area contributed by atoms with Gasteiger partial charge in [0.05, 0.1) is 0 Å². The number of hydrogen-bond acceptors (Lipinski definition) is 1. The van der Waals surface area contributed by atoms with Gasteiger partial charge in [-0.2, -0.15) is 0 Å². The SMILES string of the molecule is CCC1CCCC(NC(C)c2ccc(C)cc2)CC1. The number of aryl methyl sites for hydroxylation is 1. The van der Waals surface area contributed by atoms with Gasteiger partial charge in [0.25, 0.3) is 0 Å².